The van der Waals surface area contributed by atoms with Crippen molar-refractivity contribution in [2.24, 2.45) is 0 Å². The van der Waals surface area contributed by atoms with Crippen LogP contribution >= 0.6 is 17.0 Å². The van der Waals surface area contributed by atoms with Crippen LogP contribution in [0, 0.1) is 0 Å². The van der Waals surface area contributed by atoms with Crippen LogP contribution in [0.15, 0.2) is 78.9 Å². The average molecular weight is 494 g/mol. The highest BCUT2D eigenvalue weighted by Crippen LogP contribution is 2.42. The molecule has 2 aliphatic rings. The molecular formula is C27H30BrN2O2+. The van der Waals surface area contributed by atoms with Crippen LogP contribution < -0.4 is 9.64 Å². The van der Waals surface area contributed by atoms with Crippen molar-refractivity contribution in [2.75, 3.05) is 25.1 Å². The van der Waals surface area contributed by atoms with Crippen LogP contribution in [0.5, 0.6) is 5.75 Å². The van der Waals surface area contributed by atoms with Gasteiger partial charge in [-0.2, -0.15) is 4.90 Å². The quantitative estimate of drug-likeness (QED) is 0.481. The van der Waals surface area contributed by atoms with Crippen molar-refractivity contribution in [2.45, 2.75) is 31.4 Å². The summed E-state index contributed by atoms with van der Waals surface area (Å²) in [5.41, 5.74) is 3.00. The van der Waals surface area contributed by atoms with Gasteiger partial charge in [0.05, 0.1) is 13.7 Å². The number of halogens is 1. The molecule has 32 heavy (non-hydrogen) atoms. The second kappa shape index (κ2) is 9.47. The predicted molar refractivity (Wildman–Crippen MR) is 135 cm³/mol. The van der Waals surface area contributed by atoms with Crippen molar-refractivity contribution in [1.29, 1.82) is 0 Å². The molecule has 1 atom stereocenters. The van der Waals surface area contributed by atoms with Gasteiger partial charge in [0.25, 0.3) is 11.6 Å². The average Bonchev–Trinajstić information content (AvgIpc) is 2.95. The number of anilines is 1. The Balaban J connectivity index is 0.00000245. The molecular weight excluding hydrogens is 464 g/mol. The Kier molecular flexibility index (Phi) is 6.68. The SMILES string of the molecule is Br.COc1ccccc1N1C2=[N+](CCCCC2)CC1(O)c1ccc(-c2ccccc2)cc1. The highest BCUT2D eigenvalue weighted by atomic mass is 79.9. The molecule has 2 aliphatic heterocycles. The molecule has 1 N–H and O–H groups in total. The van der Waals surface area contributed by atoms with Gasteiger partial charge in [0.2, 0.25) is 0 Å². The van der Waals surface area contributed by atoms with Gasteiger partial charge in [0, 0.05) is 12.0 Å². The fourth-order valence-corrected chi connectivity index (χ4v) is 4.96. The molecule has 0 bridgehead atoms. The molecule has 0 spiro atoms. The first-order chi connectivity index (χ1) is 15.2. The van der Waals surface area contributed by atoms with E-state index in [1.165, 1.54) is 17.8 Å². The van der Waals surface area contributed by atoms with Crippen molar-refractivity contribution in [3.05, 3.63) is 84.4 Å². The van der Waals surface area contributed by atoms with E-state index in [1.807, 2.05) is 30.3 Å². The van der Waals surface area contributed by atoms with Crippen molar-refractivity contribution in [3.8, 4) is 16.9 Å². The first-order valence-electron chi connectivity index (χ1n) is 11.1. The lowest BCUT2D eigenvalue weighted by molar-refractivity contribution is -0.534. The van der Waals surface area contributed by atoms with E-state index in [4.69, 9.17) is 4.74 Å². The Morgan fingerprint density at radius 3 is 2.28 bits per heavy atom. The number of hydrogen-bond acceptors (Lipinski definition) is 3. The maximum Gasteiger partial charge on any atom is 0.275 e. The first-order valence-corrected chi connectivity index (χ1v) is 11.1. The highest BCUT2D eigenvalue weighted by molar-refractivity contribution is 8.93. The molecule has 0 amide bonds. The Morgan fingerprint density at radius 1 is 0.844 bits per heavy atom. The molecule has 0 fully saturated rings. The van der Waals surface area contributed by atoms with Gasteiger partial charge in [0.15, 0.2) is 18.0 Å². The minimum Gasteiger partial charge on any atom is -0.492 e. The fraction of sp³-hybridized carbons (Fsp3) is 0.296. The zero-order valence-electron chi connectivity index (χ0n) is 18.4. The number of benzene rings is 3. The number of nitrogens with zero attached hydrogens (tertiary/aromatic N) is 2. The Hall–Kier alpha value is -2.63. The molecule has 4 nitrogen and oxygen atoms in total. The molecule has 0 saturated carbocycles. The van der Waals surface area contributed by atoms with Crippen LogP contribution in [-0.2, 0) is 5.72 Å². The van der Waals surface area contributed by atoms with E-state index in [2.05, 4.69) is 58.0 Å². The number of methoxy groups -OCH3 is 1. The number of hydrogen-bond donors (Lipinski definition) is 1. The summed E-state index contributed by atoms with van der Waals surface area (Å²) in [5.74, 6) is 1.97. The second-order valence-electron chi connectivity index (χ2n) is 8.42. The van der Waals surface area contributed by atoms with Gasteiger partial charge in [-0.3, -0.25) is 4.58 Å². The van der Waals surface area contributed by atoms with Gasteiger partial charge in [-0.25, -0.2) is 0 Å². The van der Waals surface area contributed by atoms with Gasteiger partial charge in [0.1, 0.15) is 0 Å². The summed E-state index contributed by atoms with van der Waals surface area (Å²) in [7, 11) is 1.69. The zero-order valence-corrected chi connectivity index (χ0v) is 20.1. The predicted octanol–water partition coefficient (Wildman–Crippen LogP) is 5.59. The Morgan fingerprint density at radius 2 is 1.53 bits per heavy atom. The van der Waals surface area contributed by atoms with Gasteiger partial charge in [-0.05, 0) is 42.5 Å². The summed E-state index contributed by atoms with van der Waals surface area (Å²) in [4.78, 5) is 2.12. The van der Waals surface area contributed by atoms with Crippen molar-refractivity contribution in [1.82, 2.24) is 0 Å². The summed E-state index contributed by atoms with van der Waals surface area (Å²) in [5, 5.41) is 12.2. The number of ether oxygens (including phenoxy) is 1. The molecule has 1 unspecified atom stereocenters. The van der Waals surface area contributed by atoms with Gasteiger partial charge in [-0.15, -0.1) is 17.0 Å². The molecule has 5 heteroatoms. The topological polar surface area (TPSA) is 35.7 Å². The van der Waals surface area contributed by atoms with Crippen LogP contribution in [0.2, 0.25) is 0 Å². The monoisotopic (exact) mass is 493 g/mol. The third kappa shape index (κ3) is 3.96. The summed E-state index contributed by atoms with van der Waals surface area (Å²) in [6.07, 6.45) is 4.49. The van der Waals surface area contributed by atoms with Crippen LogP contribution in [0.1, 0.15) is 31.2 Å². The molecule has 3 aromatic carbocycles. The van der Waals surface area contributed by atoms with Gasteiger partial charge < -0.3 is 9.84 Å². The van der Waals surface area contributed by atoms with Gasteiger partial charge >= 0.3 is 0 Å². The molecule has 0 aromatic heterocycles. The van der Waals surface area contributed by atoms with Crippen molar-refractivity contribution >= 4 is 28.5 Å². The van der Waals surface area contributed by atoms with Crippen molar-refractivity contribution < 1.29 is 14.4 Å². The Bertz CT molecular complexity index is 1100. The molecule has 0 saturated heterocycles. The molecule has 166 valence electrons. The first kappa shape index (κ1) is 22.6. The van der Waals surface area contributed by atoms with E-state index in [9.17, 15) is 5.11 Å². The second-order valence-corrected chi connectivity index (χ2v) is 8.42. The smallest absolute Gasteiger partial charge is 0.275 e. The number of rotatable bonds is 4. The molecule has 5 rings (SSSR count). The normalized spacial score (nSPS) is 20.4. The minimum atomic E-state index is -1.14. The number of aliphatic hydroxyl groups is 1. The van der Waals surface area contributed by atoms with Crippen LogP contribution in [-0.4, -0.2) is 35.7 Å². The minimum absolute atomic E-state index is 0. The fourth-order valence-electron chi connectivity index (χ4n) is 4.96. The lowest BCUT2D eigenvalue weighted by Crippen LogP contribution is -2.47. The summed E-state index contributed by atoms with van der Waals surface area (Å²) in [6, 6.07) is 26.7. The van der Waals surface area contributed by atoms with E-state index >= 15 is 0 Å². The van der Waals surface area contributed by atoms with Crippen LogP contribution in [0.25, 0.3) is 11.1 Å². The van der Waals surface area contributed by atoms with E-state index < -0.39 is 5.72 Å². The molecule has 0 aliphatic carbocycles. The van der Waals surface area contributed by atoms with E-state index in [-0.39, 0.29) is 17.0 Å². The molecule has 2 heterocycles. The van der Waals surface area contributed by atoms with Crippen molar-refractivity contribution in [3.63, 3.8) is 0 Å². The van der Waals surface area contributed by atoms with Gasteiger partial charge in [-0.1, -0.05) is 66.7 Å². The maximum absolute atomic E-state index is 12.2. The Labute approximate surface area is 200 Å². The zero-order chi connectivity index (χ0) is 21.3. The van der Waals surface area contributed by atoms with Crippen LogP contribution in [0.3, 0.4) is 0 Å². The maximum atomic E-state index is 12.2. The van der Waals surface area contributed by atoms with E-state index in [0.717, 1.165) is 48.4 Å². The highest BCUT2D eigenvalue weighted by Gasteiger charge is 2.54. The molecule has 3 aromatic rings. The molecule has 0 radical (unpaired) electrons. The summed E-state index contributed by atoms with van der Waals surface area (Å²) in [6.45, 7) is 1.54. The number of para-hydroxylation sites is 2. The summed E-state index contributed by atoms with van der Waals surface area (Å²) < 4.78 is 8.06. The van der Waals surface area contributed by atoms with E-state index in [0.29, 0.717) is 6.54 Å². The largest absolute Gasteiger partial charge is 0.492 e. The third-order valence-electron chi connectivity index (χ3n) is 6.51. The lowest BCUT2D eigenvalue weighted by atomic mass is 9.96. The summed E-state index contributed by atoms with van der Waals surface area (Å²) >= 11 is 0. The third-order valence-corrected chi connectivity index (χ3v) is 6.51. The van der Waals surface area contributed by atoms with Crippen LogP contribution in [0.4, 0.5) is 5.69 Å². The number of amidine groups is 1. The lowest BCUT2D eigenvalue weighted by Gasteiger charge is -2.30. The van der Waals surface area contributed by atoms with E-state index in [1.54, 1.807) is 7.11 Å². The standard InChI is InChI=1S/C27H29N2O2.BrH/c1-31-25-13-8-7-12-24(25)29-26-14-6-3-9-19-28(26)20-27(29,30)23-17-15-22(16-18-23)21-10-4-2-5-11-21;/h2,4-5,7-8,10-13,15-18,30H,3,6,9,14,19-20H2,1H3;1H/q+1;.